The van der Waals surface area contributed by atoms with Crippen LogP contribution in [0.4, 0.5) is 5.69 Å². The van der Waals surface area contributed by atoms with Crippen LogP contribution < -0.4 is 10.6 Å². The van der Waals surface area contributed by atoms with Crippen LogP contribution in [0.25, 0.3) is 0 Å². The van der Waals surface area contributed by atoms with Gasteiger partial charge in [0.05, 0.1) is 0 Å². The number of amides is 1. The van der Waals surface area contributed by atoms with E-state index < -0.39 is 23.9 Å². The molecule has 0 bridgehead atoms. The van der Waals surface area contributed by atoms with Gasteiger partial charge in [-0.05, 0) is 18.6 Å². The summed E-state index contributed by atoms with van der Waals surface area (Å²) < 4.78 is 0. The van der Waals surface area contributed by atoms with E-state index >= 15 is 0 Å². The molecule has 0 heterocycles. The maximum absolute atomic E-state index is 11.6. The molecule has 0 aliphatic heterocycles. The summed E-state index contributed by atoms with van der Waals surface area (Å²) in [5.41, 5.74) is 0.867. The Balaban J connectivity index is 2.33. The Labute approximate surface area is 122 Å². The molecule has 0 aliphatic rings. The van der Waals surface area contributed by atoms with E-state index in [1.807, 2.05) is 30.3 Å². The zero-order valence-corrected chi connectivity index (χ0v) is 11.4. The molecule has 1 rings (SSSR count). The molecule has 1 unspecified atom stereocenters. The van der Waals surface area contributed by atoms with Crippen molar-refractivity contribution in [2.45, 2.75) is 25.3 Å². The number of rotatable bonds is 9. The highest BCUT2D eigenvalue weighted by Gasteiger charge is 2.20. The summed E-state index contributed by atoms with van der Waals surface area (Å²) in [7, 11) is 0. The Morgan fingerprint density at radius 3 is 2.29 bits per heavy atom. The van der Waals surface area contributed by atoms with Crippen LogP contribution in [0.2, 0.25) is 0 Å². The van der Waals surface area contributed by atoms with Gasteiger partial charge in [0.2, 0.25) is 5.91 Å². The molecule has 7 nitrogen and oxygen atoms in total. The van der Waals surface area contributed by atoms with E-state index in [4.69, 9.17) is 10.2 Å². The van der Waals surface area contributed by atoms with Crippen LogP contribution in [0.1, 0.15) is 19.3 Å². The molecule has 1 amide bonds. The summed E-state index contributed by atoms with van der Waals surface area (Å²) in [5.74, 6) is -2.77. The van der Waals surface area contributed by atoms with E-state index in [-0.39, 0.29) is 19.3 Å². The highest BCUT2D eigenvalue weighted by atomic mass is 16.4. The van der Waals surface area contributed by atoms with Crippen molar-refractivity contribution in [2.24, 2.45) is 0 Å². The summed E-state index contributed by atoms with van der Waals surface area (Å²) in [6.07, 6.45) is -0.340. The van der Waals surface area contributed by atoms with E-state index in [0.717, 1.165) is 5.69 Å². The highest BCUT2D eigenvalue weighted by Crippen LogP contribution is 2.04. The van der Waals surface area contributed by atoms with Crippen molar-refractivity contribution in [1.82, 2.24) is 5.32 Å². The minimum atomic E-state index is -1.24. The van der Waals surface area contributed by atoms with Crippen LogP contribution >= 0.6 is 0 Å². The zero-order chi connectivity index (χ0) is 15.7. The van der Waals surface area contributed by atoms with Crippen LogP contribution in [-0.2, 0) is 14.4 Å². The number of carboxylic acids is 2. The van der Waals surface area contributed by atoms with Gasteiger partial charge < -0.3 is 20.8 Å². The maximum Gasteiger partial charge on any atom is 0.326 e. The molecule has 1 atom stereocenters. The molecule has 1 aromatic rings. The first-order valence-corrected chi connectivity index (χ1v) is 6.52. The fraction of sp³-hybridized carbons (Fsp3) is 0.357. The second-order valence-corrected chi connectivity index (χ2v) is 4.43. The number of para-hydroxylation sites is 1. The number of carboxylic acid groups (broad SMARTS) is 2. The molecule has 4 N–H and O–H groups in total. The number of carbonyl (C=O) groups excluding carboxylic acids is 1. The average molecular weight is 294 g/mol. The topological polar surface area (TPSA) is 116 Å². The summed E-state index contributed by atoms with van der Waals surface area (Å²) >= 11 is 0. The number of hydrogen-bond donors (Lipinski definition) is 4. The van der Waals surface area contributed by atoms with Gasteiger partial charge in [-0.25, -0.2) is 4.79 Å². The van der Waals surface area contributed by atoms with Gasteiger partial charge in [0.1, 0.15) is 6.04 Å². The SMILES string of the molecule is O=C(O)CCC(NC(=O)CCNc1ccccc1)C(=O)O. The van der Waals surface area contributed by atoms with Gasteiger partial charge in [0, 0.05) is 25.1 Å². The molecule has 1 aromatic carbocycles. The Bertz CT molecular complexity index is 489. The van der Waals surface area contributed by atoms with Crippen molar-refractivity contribution in [3.05, 3.63) is 30.3 Å². The molecule has 0 saturated heterocycles. The van der Waals surface area contributed by atoms with Crippen molar-refractivity contribution in [3.8, 4) is 0 Å². The second kappa shape index (κ2) is 8.57. The van der Waals surface area contributed by atoms with E-state index in [2.05, 4.69) is 10.6 Å². The molecular weight excluding hydrogens is 276 g/mol. The van der Waals surface area contributed by atoms with Crippen LogP contribution in [0.15, 0.2) is 30.3 Å². The summed E-state index contributed by atoms with van der Waals surface area (Å²) in [5, 5.41) is 22.8. The van der Waals surface area contributed by atoms with Crippen molar-refractivity contribution in [2.75, 3.05) is 11.9 Å². The normalized spacial score (nSPS) is 11.4. The van der Waals surface area contributed by atoms with Gasteiger partial charge >= 0.3 is 11.9 Å². The minimum absolute atomic E-state index is 0.103. The highest BCUT2D eigenvalue weighted by molar-refractivity contribution is 5.84. The molecule has 0 radical (unpaired) electrons. The first-order valence-electron chi connectivity index (χ1n) is 6.52. The lowest BCUT2D eigenvalue weighted by molar-refractivity contribution is -0.143. The molecule has 21 heavy (non-hydrogen) atoms. The maximum atomic E-state index is 11.6. The number of aliphatic carboxylic acids is 2. The predicted molar refractivity (Wildman–Crippen MR) is 76.0 cm³/mol. The standard InChI is InChI=1S/C14H18N2O5/c17-12(8-9-15-10-4-2-1-3-5-10)16-11(14(20)21)6-7-13(18)19/h1-5,11,15H,6-9H2,(H,16,17)(H,18,19)(H,20,21). The van der Waals surface area contributed by atoms with E-state index in [1.54, 1.807) is 0 Å². The minimum Gasteiger partial charge on any atom is -0.481 e. The Kier molecular flexibility index (Phi) is 6.73. The molecule has 0 aromatic heterocycles. The molecule has 0 spiro atoms. The first kappa shape index (κ1) is 16.5. The third kappa shape index (κ3) is 6.95. The predicted octanol–water partition coefficient (Wildman–Crippen LogP) is 0.923. The van der Waals surface area contributed by atoms with E-state index in [1.165, 1.54) is 0 Å². The molecular formula is C14H18N2O5. The second-order valence-electron chi connectivity index (χ2n) is 4.43. The molecule has 0 aliphatic carbocycles. The van der Waals surface area contributed by atoms with E-state index in [0.29, 0.717) is 6.54 Å². The van der Waals surface area contributed by atoms with Gasteiger partial charge in [-0.2, -0.15) is 0 Å². The Hall–Kier alpha value is -2.57. The van der Waals surface area contributed by atoms with Gasteiger partial charge in [0.15, 0.2) is 0 Å². The lowest BCUT2D eigenvalue weighted by Crippen LogP contribution is -2.41. The first-order chi connectivity index (χ1) is 9.99. The van der Waals surface area contributed by atoms with Crippen molar-refractivity contribution < 1.29 is 24.6 Å². The van der Waals surface area contributed by atoms with Crippen molar-refractivity contribution >= 4 is 23.5 Å². The monoisotopic (exact) mass is 294 g/mol. The summed E-state index contributed by atoms with van der Waals surface area (Å²) in [4.78, 5) is 33.0. The molecule has 7 heteroatoms. The van der Waals surface area contributed by atoms with Crippen molar-refractivity contribution in [3.63, 3.8) is 0 Å². The lowest BCUT2D eigenvalue weighted by Gasteiger charge is -2.13. The smallest absolute Gasteiger partial charge is 0.326 e. The number of anilines is 1. The molecule has 0 fully saturated rings. The molecule has 0 saturated carbocycles. The number of nitrogens with one attached hydrogen (secondary N) is 2. The van der Waals surface area contributed by atoms with Crippen LogP contribution in [0, 0.1) is 0 Å². The fourth-order valence-corrected chi connectivity index (χ4v) is 1.67. The fourth-order valence-electron chi connectivity index (χ4n) is 1.67. The number of benzene rings is 1. The van der Waals surface area contributed by atoms with E-state index in [9.17, 15) is 14.4 Å². The molecule has 114 valence electrons. The number of hydrogen-bond acceptors (Lipinski definition) is 4. The van der Waals surface area contributed by atoms with Gasteiger partial charge in [0.25, 0.3) is 0 Å². The largest absolute Gasteiger partial charge is 0.481 e. The third-order valence-electron chi connectivity index (χ3n) is 2.74. The lowest BCUT2D eigenvalue weighted by atomic mass is 10.1. The summed E-state index contributed by atoms with van der Waals surface area (Å²) in [6.45, 7) is 0.362. The average Bonchev–Trinajstić information content (AvgIpc) is 2.44. The quantitative estimate of drug-likeness (QED) is 0.538. The Morgan fingerprint density at radius 2 is 1.71 bits per heavy atom. The van der Waals surface area contributed by atoms with Gasteiger partial charge in [-0.1, -0.05) is 18.2 Å². The number of carbonyl (C=O) groups is 3. The van der Waals surface area contributed by atoms with Gasteiger partial charge in [-0.15, -0.1) is 0 Å². The zero-order valence-electron chi connectivity index (χ0n) is 11.4. The van der Waals surface area contributed by atoms with Gasteiger partial charge in [-0.3, -0.25) is 9.59 Å². The van der Waals surface area contributed by atoms with Crippen LogP contribution in [0.3, 0.4) is 0 Å². The van der Waals surface area contributed by atoms with Crippen molar-refractivity contribution in [1.29, 1.82) is 0 Å². The third-order valence-corrected chi connectivity index (χ3v) is 2.74. The Morgan fingerprint density at radius 1 is 1.05 bits per heavy atom. The van der Waals surface area contributed by atoms with Crippen LogP contribution in [0.5, 0.6) is 0 Å². The summed E-state index contributed by atoms with van der Waals surface area (Å²) in [6, 6.07) is 8.11. The van der Waals surface area contributed by atoms with Crippen LogP contribution in [-0.4, -0.2) is 40.6 Å².